The average Bonchev–Trinajstić information content (AvgIpc) is 2.89. The zero-order valence-electron chi connectivity index (χ0n) is 11.7. The largest absolute Gasteiger partial charge is 0.497 e. The van der Waals surface area contributed by atoms with E-state index in [1.807, 2.05) is 24.3 Å². The Hall–Kier alpha value is -2.07. The minimum atomic E-state index is 0.853. The van der Waals surface area contributed by atoms with E-state index in [1.165, 1.54) is 15.8 Å². The van der Waals surface area contributed by atoms with Gasteiger partial charge in [0.05, 0.1) is 17.3 Å². The van der Waals surface area contributed by atoms with Crippen molar-refractivity contribution in [1.82, 2.24) is 4.98 Å². The number of thiazole rings is 1. The maximum absolute atomic E-state index is 5.16. The molecule has 0 fully saturated rings. The molecule has 1 N–H and O–H groups in total. The minimum absolute atomic E-state index is 0.853. The van der Waals surface area contributed by atoms with Crippen molar-refractivity contribution in [2.45, 2.75) is 13.8 Å². The number of hydrogen-bond acceptors (Lipinski definition) is 4. The first-order chi connectivity index (χ1) is 9.67. The first kappa shape index (κ1) is 12.9. The number of fused-ring (bicyclic) bond motifs is 1. The molecule has 0 bridgehead atoms. The van der Waals surface area contributed by atoms with Gasteiger partial charge in [0, 0.05) is 5.69 Å². The second-order valence-corrected chi connectivity index (χ2v) is 5.75. The number of methoxy groups -OCH3 is 1. The monoisotopic (exact) mass is 284 g/mol. The molecule has 0 aliphatic heterocycles. The van der Waals surface area contributed by atoms with Crippen molar-refractivity contribution in [2.24, 2.45) is 0 Å². The van der Waals surface area contributed by atoms with Gasteiger partial charge in [-0.3, -0.25) is 0 Å². The lowest BCUT2D eigenvalue weighted by atomic mass is 10.1. The van der Waals surface area contributed by atoms with Crippen LogP contribution in [0.2, 0.25) is 0 Å². The second-order valence-electron chi connectivity index (χ2n) is 4.75. The molecule has 0 atom stereocenters. The topological polar surface area (TPSA) is 34.1 Å². The summed E-state index contributed by atoms with van der Waals surface area (Å²) in [6, 6.07) is 12.1. The highest BCUT2D eigenvalue weighted by atomic mass is 32.1. The van der Waals surface area contributed by atoms with Crippen molar-refractivity contribution in [2.75, 3.05) is 12.4 Å². The number of hydrogen-bond donors (Lipinski definition) is 1. The highest BCUT2D eigenvalue weighted by Crippen LogP contribution is 2.32. The Morgan fingerprint density at radius 2 is 1.70 bits per heavy atom. The smallest absolute Gasteiger partial charge is 0.188 e. The van der Waals surface area contributed by atoms with Crippen LogP contribution in [-0.2, 0) is 0 Å². The van der Waals surface area contributed by atoms with Gasteiger partial charge in [0.15, 0.2) is 5.13 Å². The normalized spacial score (nSPS) is 10.8. The molecule has 0 amide bonds. The first-order valence-electron chi connectivity index (χ1n) is 6.45. The number of aryl methyl sites for hydroxylation is 2. The number of nitrogens with zero attached hydrogens (tertiary/aromatic N) is 1. The van der Waals surface area contributed by atoms with E-state index in [9.17, 15) is 0 Å². The fourth-order valence-electron chi connectivity index (χ4n) is 2.11. The van der Waals surface area contributed by atoms with Gasteiger partial charge in [0.2, 0.25) is 0 Å². The van der Waals surface area contributed by atoms with Gasteiger partial charge in [0.25, 0.3) is 0 Å². The van der Waals surface area contributed by atoms with Crippen molar-refractivity contribution in [3.8, 4) is 5.75 Å². The maximum atomic E-state index is 5.16. The van der Waals surface area contributed by atoms with Crippen LogP contribution in [0.1, 0.15) is 11.1 Å². The summed E-state index contributed by atoms with van der Waals surface area (Å²) in [5.74, 6) is 0.853. The summed E-state index contributed by atoms with van der Waals surface area (Å²) < 4.78 is 6.41. The Labute approximate surface area is 122 Å². The van der Waals surface area contributed by atoms with Crippen LogP contribution in [0.4, 0.5) is 10.8 Å². The summed E-state index contributed by atoms with van der Waals surface area (Å²) in [5, 5.41) is 4.27. The summed E-state index contributed by atoms with van der Waals surface area (Å²) in [7, 11) is 1.67. The molecular weight excluding hydrogens is 268 g/mol. The van der Waals surface area contributed by atoms with E-state index in [0.29, 0.717) is 0 Å². The van der Waals surface area contributed by atoms with E-state index in [0.717, 1.165) is 22.1 Å². The summed E-state index contributed by atoms with van der Waals surface area (Å²) in [4.78, 5) is 4.69. The molecule has 1 heterocycles. The van der Waals surface area contributed by atoms with Crippen LogP contribution in [-0.4, -0.2) is 12.1 Å². The standard InChI is InChI=1S/C16H16N2OS/c1-10-4-5-11(2)15-14(10)18-16(20-15)17-12-6-8-13(19-3)9-7-12/h4-9H,1-3H3,(H,17,18). The molecule has 0 aliphatic carbocycles. The number of aromatic nitrogens is 1. The van der Waals surface area contributed by atoms with Crippen LogP contribution in [0.3, 0.4) is 0 Å². The maximum Gasteiger partial charge on any atom is 0.188 e. The summed E-state index contributed by atoms with van der Waals surface area (Å²) in [6.07, 6.45) is 0. The van der Waals surface area contributed by atoms with Gasteiger partial charge < -0.3 is 10.1 Å². The fourth-order valence-corrected chi connectivity index (χ4v) is 3.14. The van der Waals surface area contributed by atoms with Crippen LogP contribution in [0.25, 0.3) is 10.2 Å². The van der Waals surface area contributed by atoms with Crippen molar-refractivity contribution >= 4 is 32.4 Å². The van der Waals surface area contributed by atoms with E-state index in [4.69, 9.17) is 4.74 Å². The van der Waals surface area contributed by atoms with Gasteiger partial charge in [-0.15, -0.1) is 0 Å². The quantitative estimate of drug-likeness (QED) is 0.759. The number of nitrogens with one attached hydrogen (secondary N) is 1. The molecule has 0 aliphatic rings. The molecule has 20 heavy (non-hydrogen) atoms. The third-order valence-corrected chi connectivity index (χ3v) is 4.39. The zero-order chi connectivity index (χ0) is 14.1. The van der Waals surface area contributed by atoms with Gasteiger partial charge >= 0.3 is 0 Å². The average molecular weight is 284 g/mol. The summed E-state index contributed by atoms with van der Waals surface area (Å²) >= 11 is 1.69. The van der Waals surface area contributed by atoms with Gasteiger partial charge in [-0.2, -0.15) is 0 Å². The van der Waals surface area contributed by atoms with Gasteiger partial charge in [-0.25, -0.2) is 4.98 Å². The molecule has 1 aromatic heterocycles. The van der Waals surface area contributed by atoms with Crippen LogP contribution < -0.4 is 10.1 Å². The SMILES string of the molecule is COc1ccc(Nc2nc3c(C)ccc(C)c3s2)cc1. The number of anilines is 2. The number of rotatable bonds is 3. The molecule has 0 saturated heterocycles. The van der Waals surface area contributed by atoms with Crippen LogP contribution in [0.15, 0.2) is 36.4 Å². The summed E-state index contributed by atoms with van der Waals surface area (Å²) in [6.45, 7) is 4.22. The van der Waals surface area contributed by atoms with Crippen LogP contribution in [0.5, 0.6) is 5.75 Å². The highest BCUT2D eigenvalue weighted by Gasteiger charge is 2.08. The number of benzene rings is 2. The van der Waals surface area contributed by atoms with Gasteiger partial charge in [-0.1, -0.05) is 23.5 Å². The molecule has 2 aromatic carbocycles. The molecule has 4 heteroatoms. The Morgan fingerprint density at radius 1 is 1.00 bits per heavy atom. The van der Waals surface area contributed by atoms with E-state index >= 15 is 0 Å². The van der Waals surface area contributed by atoms with E-state index in [2.05, 4.69) is 36.3 Å². The third kappa shape index (κ3) is 2.34. The zero-order valence-corrected chi connectivity index (χ0v) is 12.5. The van der Waals surface area contributed by atoms with Gasteiger partial charge in [-0.05, 0) is 49.2 Å². The Morgan fingerprint density at radius 3 is 2.35 bits per heavy atom. The molecule has 0 saturated carbocycles. The predicted molar refractivity (Wildman–Crippen MR) is 85.4 cm³/mol. The highest BCUT2D eigenvalue weighted by molar-refractivity contribution is 7.22. The third-order valence-electron chi connectivity index (χ3n) is 3.28. The number of ether oxygens (including phenoxy) is 1. The van der Waals surface area contributed by atoms with Crippen molar-refractivity contribution in [3.05, 3.63) is 47.5 Å². The molecule has 0 radical (unpaired) electrons. The van der Waals surface area contributed by atoms with E-state index in [-0.39, 0.29) is 0 Å². The second kappa shape index (κ2) is 5.13. The Balaban J connectivity index is 1.94. The van der Waals surface area contributed by atoms with Crippen LogP contribution >= 0.6 is 11.3 Å². The lowest BCUT2D eigenvalue weighted by Gasteiger charge is -2.03. The lowest BCUT2D eigenvalue weighted by Crippen LogP contribution is -1.89. The molecular formula is C16H16N2OS. The van der Waals surface area contributed by atoms with Crippen LogP contribution in [0, 0.1) is 13.8 Å². The van der Waals surface area contributed by atoms with Gasteiger partial charge in [0.1, 0.15) is 5.75 Å². The van der Waals surface area contributed by atoms with Crippen molar-refractivity contribution in [1.29, 1.82) is 0 Å². The Bertz CT molecular complexity index is 708. The summed E-state index contributed by atoms with van der Waals surface area (Å²) in [5.41, 5.74) is 4.58. The fraction of sp³-hybridized carbons (Fsp3) is 0.188. The molecule has 3 nitrogen and oxygen atoms in total. The van der Waals surface area contributed by atoms with E-state index in [1.54, 1.807) is 18.4 Å². The van der Waals surface area contributed by atoms with Crippen molar-refractivity contribution in [3.63, 3.8) is 0 Å². The molecule has 102 valence electrons. The van der Waals surface area contributed by atoms with Crippen molar-refractivity contribution < 1.29 is 4.74 Å². The molecule has 0 spiro atoms. The predicted octanol–water partition coefficient (Wildman–Crippen LogP) is 4.67. The lowest BCUT2D eigenvalue weighted by molar-refractivity contribution is 0.415. The Kier molecular flexibility index (Phi) is 3.32. The molecule has 3 aromatic rings. The molecule has 0 unspecified atom stereocenters. The van der Waals surface area contributed by atoms with E-state index < -0.39 is 0 Å². The first-order valence-corrected chi connectivity index (χ1v) is 7.27. The minimum Gasteiger partial charge on any atom is -0.497 e. The molecule has 3 rings (SSSR count).